The van der Waals surface area contributed by atoms with Crippen molar-refractivity contribution < 1.29 is 18.0 Å². The van der Waals surface area contributed by atoms with E-state index < -0.39 is 29.1 Å². The Morgan fingerprint density at radius 3 is 2.53 bits per heavy atom. The average molecular weight is 434 g/mol. The maximum absolute atomic E-state index is 12.8. The summed E-state index contributed by atoms with van der Waals surface area (Å²) in [5, 5.41) is 11.8. The first-order valence-corrected chi connectivity index (χ1v) is 9.16. The number of anilines is 1. The fourth-order valence-electron chi connectivity index (χ4n) is 3.36. The lowest BCUT2D eigenvalue weighted by Crippen LogP contribution is -2.58. The number of tetrazole rings is 1. The second kappa shape index (κ2) is 6.52. The van der Waals surface area contributed by atoms with Gasteiger partial charge in [0.2, 0.25) is 5.65 Å². The first-order chi connectivity index (χ1) is 14.3. The number of amides is 1. The number of carbonyl (C=O) groups is 1. The number of carbonyl (C=O) groups excluding carboxylic acids is 1. The van der Waals surface area contributed by atoms with Gasteiger partial charge in [0.1, 0.15) is 11.4 Å². The first-order valence-electron chi connectivity index (χ1n) is 8.72. The molecule has 4 aromatic rings. The van der Waals surface area contributed by atoms with Crippen molar-refractivity contribution >= 4 is 40.0 Å². The number of nitrogens with one attached hydrogen (secondary N) is 1. The van der Waals surface area contributed by atoms with Gasteiger partial charge in [0.05, 0.1) is 16.6 Å². The summed E-state index contributed by atoms with van der Waals surface area (Å²) in [5.74, 6) is -0.227. The van der Waals surface area contributed by atoms with E-state index in [1.165, 1.54) is 21.7 Å². The van der Waals surface area contributed by atoms with E-state index in [2.05, 4.69) is 25.9 Å². The van der Waals surface area contributed by atoms with Gasteiger partial charge < -0.3 is 0 Å². The fourth-order valence-corrected chi connectivity index (χ4v) is 3.72. The highest BCUT2D eigenvalue weighted by Crippen LogP contribution is 2.40. The molecular formula is C18H11ClF3N7O. The molecule has 1 fully saturated rings. The normalized spacial score (nSPS) is 19.3. The van der Waals surface area contributed by atoms with Crippen LogP contribution in [0.4, 0.5) is 19.0 Å². The van der Waals surface area contributed by atoms with Crippen LogP contribution in [0, 0.1) is 0 Å². The van der Waals surface area contributed by atoms with Gasteiger partial charge in [0, 0.05) is 0 Å². The summed E-state index contributed by atoms with van der Waals surface area (Å²) in [5.41, 5.74) is 4.09. The van der Waals surface area contributed by atoms with E-state index in [9.17, 15) is 18.0 Å². The second-order valence-corrected chi connectivity index (χ2v) is 7.12. The minimum absolute atomic E-state index is 0.215. The van der Waals surface area contributed by atoms with Crippen LogP contribution in [-0.4, -0.2) is 41.3 Å². The third-order valence-electron chi connectivity index (χ3n) is 4.86. The van der Waals surface area contributed by atoms with Crippen LogP contribution in [0.1, 0.15) is 17.2 Å². The van der Waals surface area contributed by atoms with E-state index in [-0.39, 0.29) is 11.5 Å². The van der Waals surface area contributed by atoms with E-state index in [0.717, 1.165) is 12.1 Å². The van der Waals surface area contributed by atoms with Crippen molar-refractivity contribution in [2.75, 3.05) is 5.43 Å². The summed E-state index contributed by atoms with van der Waals surface area (Å²) in [6.45, 7) is 0. The Kier molecular flexibility index (Phi) is 4.03. The summed E-state index contributed by atoms with van der Waals surface area (Å²) in [6.07, 6.45) is -4.45. The lowest BCUT2D eigenvalue weighted by molar-refractivity contribution is -0.143. The van der Waals surface area contributed by atoms with Gasteiger partial charge in [-0.1, -0.05) is 24.3 Å². The largest absolute Gasteiger partial charge is 0.416 e. The predicted octanol–water partition coefficient (Wildman–Crippen LogP) is 3.21. The molecule has 2 atom stereocenters. The van der Waals surface area contributed by atoms with Gasteiger partial charge in [0.25, 0.3) is 5.91 Å². The fraction of sp³-hybridized carbons (Fsp3) is 0.167. The van der Waals surface area contributed by atoms with Crippen LogP contribution >= 0.6 is 11.6 Å². The molecule has 1 aliphatic rings. The van der Waals surface area contributed by atoms with Gasteiger partial charge in [-0.2, -0.15) is 17.7 Å². The Labute approximate surface area is 171 Å². The molecule has 30 heavy (non-hydrogen) atoms. The molecule has 2 unspecified atom stereocenters. The van der Waals surface area contributed by atoms with Gasteiger partial charge in [0.15, 0.2) is 5.82 Å². The molecule has 8 nitrogen and oxygen atoms in total. The van der Waals surface area contributed by atoms with Gasteiger partial charge in [-0.05, 0) is 40.3 Å². The van der Waals surface area contributed by atoms with Crippen molar-refractivity contribution in [1.82, 2.24) is 30.0 Å². The molecule has 3 heterocycles. The molecular weight excluding hydrogens is 423 g/mol. The van der Waals surface area contributed by atoms with E-state index in [0.29, 0.717) is 16.6 Å². The number of hydrogen-bond acceptors (Lipinski definition) is 6. The van der Waals surface area contributed by atoms with E-state index in [1.54, 1.807) is 18.2 Å². The molecule has 0 aliphatic carbocycles. The Bertz CT molecular complexity index is 1270. The quantitative estimate of drug-likeness (QED) is 0.394. The summed E-state index contributed by atoms with van der Waals surface area (Å²) >= 11 is 6.16. The Morgan fingerprint density at radius 2 is 1.80 bits per heavy atom. The Morgan fingerprint density at radius 1 is 1.07 bits per heavy atom. The zero-order valence-corrected chi connectivity index (χ0v) is 15.6. The summed E-state index contributed by atoms with van der Waals surface area (Å²) in [4.78, 5) is 16.9. The van der Waals surface area contributed by atoms with Crippen molar-refractivity contribution in [2.24, 2.45) is 0 Å². The molecule has 0 radical (unpaired) electrons. The number of β-lactam (4-membered cyclic amide) rings is 1. The number of aromatic nitrogens is 5. The van der Waals surface area contributed by atoms with E-state index in [4.69, 9.17) is 11.6 Å². The molecule has 1 aliphatic heterocycles. The van der Waals surface area contributed by atoms with Crippen molar-refractivity contribution in [2.45, 2.75) is 17.6 Å². The number of hydrazine groups is 1. The highest BCUT2D eigenvalue weighted by atomic mass is 35.5. The molecule has 2 aromatic carbocycles. The number of halogens is 4. The SMILES string of the molecule is O=C1C(Cl)C(c2ccc(C(F)(F)F)cc2)N1Nc1nc2ccccc2n2nnnc12. The molecule has 2 aromatic heterocycles. The maximum Gasteiger partial charge on any atom is 0.416 e. The van der Waals surface area contributed by atoms with Crippen LogP contribution < -0.4 is 5.43 Å². The van der Waals surface area contributed by atoms with Gasteiger partial charge in [-0.3, -0.25) is 10.2 Å². The van der Waals surface area contributed by atoms with Crippen LogP contribution in [-0.2, 0) is 11.0 Å². The number of rotatable bonds is 3. The lowest BCUT2D eigenvalue weighted by Gasteiger charge is -2.44. The molecule has 0 bridgehead atoms. The Hall–Kier alpha value is -3.47. The monoisotopic (exact) mass is 433 g/mol. The highest BCUT2D eigenvalue weighted by Gasteiger charge is 2.48. The molecule has 12 heteroatoms. The molecule has 0 spiro atoms. The van der Waals surface area contributed by atoms with E-state index in [1.807, 2.05) is 6.07 Å². The summed E-state index contributed by atoms with van der Waals surface area (Å²) in [7, 11) is 0. The number of para-hydroxylation sites is 2. The van der Waals surface area contributed by atoms with Crippen molar-refractivity contribution in [3.63, 3.8) is 0 Å². The minimum Gasteiger partial charge on any atom is -0.275 e. The van der Waals surface area contributed by atoms with Crippen LogP contribution in [0.2, 0.25) is 0 Å². The van der Waals surface area contributed by atoms with Crippen molar-refractivity contribution in [3.05, 3.63) is 59.7 Å². The second-order valence-electron chi connectivity index (χ2n) is 6.65. The van der Waals surface area contributed by atoms with E-state index >= 15 is 0 Å². The zero-order chi connectivity index (χ0) is 21.0. The zero-order valence-electron chi connectivity index (χ0n) is 14.9. The van der Waals surface area contributed by atoms with Gasteiger partial charge in [-0.25, -0.2) is 9.99 Å². The molecule has 0 saturated carbocycles. The van der Waals surface area contributed by atoms with Crippen LogP contribution in [0.15, 0.2) is 48.5 Å². The number of benzene rings is 2. The van der Waals surface area contributed by atoms with Gasteiger partial charge in [-0.15, -0.1) is 16.7 Å². The summed E-state index contributed by atoms with van der Waals surface area (Å²) in [6, 6.07) is 11.0. The third-order valence-corrected chi connectivity index (χ3v) is 5.28. The van der Waals surface area contributed by atoms with Crippen molar-refractivity contribution in [1.29, 1.82) is 0 Å². The first kappa shape index (κ1) is 18.6. The maximum atomic E-state index is 12.8. The minimum atomic E-state index is -4.45. The van der Waals surface area contributed by atoms with Crippen LogP contribution in [0.25, 0.3) is 16.7 Å². The van der Waals surface area contributed by atoms with Crippen LogP contribution in [0.5, 0.6) is 0 Å². The van der Waals surface area contributed by atoms with Crippen molar-refractivity contribution in [3.8, 4) is 0 Å². The van der Waals surface area contributed by atoms with Crippen LogP contribution in [0.3, 0.4) is 0 Å². The highest BCUT2D eigenvalue weighted by molar-refractivity contribution is 6.33. The number of hydrogen-bond donors (Lipinski definition) is 1. The molecule has 152 valence electrons. The Balaban J connectivity index is 1.50. The lowest BCUT2D eigenvalue weighted by atomic mass is 9.94. The molecule has 1 saturated heterocycles. The van der Waals surface area contributed by atoms with Gasteiger partial charge >= 0.3 is 6.18 Å². The standard InChI is InChI=1S/C18H11ClF3N7O/c19-13-14(9-5-7-10(8-6-9)18(20,21)22)29(17(13)30)25-15-16-24-26-27-28(16)12-4-2-1-3-11(12)23-15/h1-8,13-14H,(H,23,25). The number of nitrogens with zero attached hydrogens (tertiary/aromatic N) is 6. The topological polar surface area (TPSA) is 88.3 Å². The number of alkyl halides is 4. The number of fused-ring (bicyclic) bond motifs is 3. The summed E-state index contributed by atoms with van der Waals surface area (Å²) < 4.78 is 40.0. The molecule has 1 amide bonds. The average Bonchev–Trinajstić information content (AvgIpc) is 3.23. The smallest absolute Gasteiger partial charge is 0.275 e. The molecule has 5 rings (SSSR count). The molecule has 1 N–H and O–H groups in total. The third kappa shape index (κ3) is 2.81. The predicted molar refractivity (Wildman–Crippen MR) is 100 cm³/mol.